The van der Waals surface area contributed by atoms with E-state index in [1.807, 2.05) is 13.8 Å². The molecule has 0 radical (unpaired) electrons. The summed E-state index contributed by atoms with van der Waals surface area (Å²) in [4.78, 5) is 22.7. The minimum atomic E-state index is -0.628. The van der Waals surface area contributed by atoms with Crippen molar-refractivity contribution in [2.24, 2.45) is 11.1 Å². The van der Waals surface area contributed by atoms with Gasteiger partial charge < -0.3 is 11.1 Å². The van der Waals surface area contributed by atoms with Crippen LogP contribution in [-0.2, 0) is 4.79 Å². The number of aryl methyl sites for hydroxylation is 1. The third-order valence-electron chi connectivity index (χ3n) is 3.91. The molecule has 6 heteroatoms. The topological polar surface area (TPSA) is 98.3 Å². The van der Waals surface area contributed by atoms with Gasteiger partial charge in [0.25, 0.3) is 5.69 Å². The van der Waals surface area contributed by atoms with Crippen LogP contribution in [0.5, 0.6) is 0 Å². The van der Waals surface area contributed by atoms with Crippen LogP contribution in [0, 0.1) is 22.5 Å². The molecule has 0 aliphatic rings. The molecule has 0 heterocycles. The number of amides is 1. The molecule has 0 aliphatic carbocycles. The molecule has 0 saturated carbocycles. The van der Waals surface area contributed by atoms with Crippen molar-refractivity contribution in [2.75, 3.05) is 11.9 Å². The smallest absolute Gasteiger partial charge is 0.271 e. The third-order valence-corrected chi connectivity index (χ3v) is 3.91. The first-order valence-electron chi connectivity index (χ1n) is 6.66. The third kappa shape index (κ3) is 3.14. The number of nitrogens with two attached hydrogens (primary N) is 1. The van der Waals surface area contributed by atoms with Crippen LogP contribution in [0.2, 0.25) is 0 Å². The zero-order valence-electron chi connectivity index (χ0n) is 12.1. The van der Waals surface area contributed by atoms with Crippen LogP contribution in [0.3, 0.4) is 0 Å². The maximum absolute atomic E-state index is 12.4. The monoisotopic (exact) mass is 279 g/mol. The van der Waals surface area contributed by atoms with Gasteiger partial charge in [-0.05, 0) is 25.3 Å². The van der Waals surface area contributed by atoms with E-state index in [0.29, 0.717) is 18.5 Å². The van der Waals surface area contributed by atoms with Crippen molar-refractivity contribution in [2.45, 2.75) is 33.6 Å². The number of rotatable bonds is 6. The van der Waals surface area contributed by atoms with Crippen molar-refractivity contribution in [3.05, 3.63) is 33.9 Å². The number of nitrogens with one attached hydrogen (secondary N) is 1. The first-order chi connectivity index (χ1) is 9.40. The molecule has 0 atom stereocenters. The van der Waals surface area contributed by atoms with Crippen LogP contribution >= 0.6 is 0 Å². The van der Waals surface area contributed by atoms with E-state index in [4.69, 9.17) is 5.73 Å². The molecule has 1 amide bonds. The fraction of sp³-hybridized carbons (Fsp3) is 0.500. The first kappa shape index (κ1) is 16.1. The fourth-order valence-electron chi connectivity index (χ4n) is 2.07. The summed E-state index contributed by atoms with van der Waals surface area (Å²) in [7, 11) is 0. The zero-order chi connectivity index (χ0) is 15.3. The van der Waals surface area contributed by atoms with Gasteiger partial charge in [-0.25, -0.2) is 0 Å². The maximum Gasteiger partial charge on any atom is 0.271 e. The summed E-state index contributed by atoms with van der Waals surface area (Å²) in [5.74, 6) is -0.186. The van der Waals surface area contributed by atoms with Gasteiger partial charge in [0, 0.05) is 18.7 Å². The first-order valence-corrected chi connectivity index (χ1v) is 6.66. The molecule has 0 aromatic heterocycles. The second kappa shape index (κ2) is 6.47. The Morgan fingerprint density at radius 1 is 1.40 bits per heavy atom. The average molecular weight is 279 g/mol. The predicted molar refractivity (Wildman–Crippen MR) is 78.5 cm³/mol. The lowest BCUT2D eigenvalue weighted by atomic mass is 9.81. The van der Waals surface area contributed by atoms with Gasteiger partial charge in [-0.1, -0.05) is 19.9 Å². The summed E-state index contributed by atoms with van der Waals surface area (Å²) in [5, 5.41) is 13.6. The molecule has 20 heavy (non-hydrogen) atoms. The molecule has 1 aromatic carbocycles. The van der Waals surface area contributed by atoms with Crippen LogP contribution in [0.4, 0.5) is 11.4 Å². The van der Waals surface area contributed by atoms with Gasteiger partial charge in [0.2, 0.25) is 5.91 Å². The van der Waals surface area contributed by atoms with E-state index in [1.165, 1.54) is 12.1 Å². The van der Waals surface area contributed by atoms with Crippen molar-refractivity contribution in [1.82, 2.24) is 0 Å². The summed E-state index contributed by atoms with van der Waals surface area (Å²) >= 11 is 0. The average Bonchev–Trinajstić information content (AvgIpc) is 2.43. The second-order valence-electron chi connectivity index (χ2n) is 4.90. The molecule has 0 fully saturated rings. The molecule has 6 nitrogen and oxygen atoms in total. The van der Waals surface area contributed by atoms with Gasteiger partial charge in [0.15, 0.2) is 0 Å². The highest BCUT2D eigenvalue weighted by Gasteiger charge is 2.33. The lowest BCUT2D eigenvalue weighted by Gasteiger charge is -2.28. The number of hydrogen-bond donors (Lipinski definition) is 2. The lowest BCUT2D eigenvalue weighted by molar-refractivity contribution is -0.384. The molecule has 1 rings (SSSR count). The van der Waals surface area contributed by atoms with E-state index >= 15 is 0 Å². The molecule has 0 aliphatic heterocycles. The Hall–Kier alpha value is -1.95. The van der Waals surface area contributed by atoms with E-state index in [0.717, 1.165) is 5.56 Å². The SMILES string of the molecule is CCC(CC)(CN)C(=O)Nc1cc([N+](=O)[O-])ccc1C. The summed E-state index contributed by atoms with van der Waals surface area (Å²) < 4.78 is 0. The number of non-ortho nitro benzene ring substituents is 1. The summed E-state index contributed by atoms with van der Waals surface area (Å²) in [6.07, 6.45) is 1.25. The van der Waals surface area contributed by atoms with Crippen LogP contribution < -0.4 is 11.1 Å². The van der Waals surface area contributed by atoms with E-state index in [2.05, 4.69) is 5.32 Å². The molecular formula is C14H21N3O3. The van der Waals surface area contributed by atoms with Crippen molar-refractivity contribution >= 4 is 17.3 Å². The summed E-state index contributed by atoms with van der Waals surface area (Å²) in [6.45, 7) is 5.87. The fourth-order valence-corrected chi connectivity index (χ4v) is 2.07. The number of nitrogens with zero attached hydrogens (tertiary/aromatic N) is 1. The number of carbonyl (C=O) groups is 1. The van der Waals surface area contributed by atoms with Crippen LogP contribution in [-0.4, -0.2) is 17.4 Å². The normalized spacial score (nSPS) is 11.2. The summed E-state index contributed by atoms with van der Waals surface area (Å²) in [6, 6.07) is 4.41. The standard InChI is InChI=1S/C14H21N3O3/c1-4-14(5-2,9-15)13(18)16-12-8-11(17(19)20)7-6-10(12)3/h6-8H,4-5,9,15H2,1-3H3,(H,16,18). The highest BCUT2D eigenvalue weighted by Crippen LogP contribution is 2.29. The van der Waals surface area contributed by atoms with Gasteiger partial charge in [0.1, 0.15) is 0 Å². The predicted octanol–water partition coefficient (Wildman–Crippen LogP) is 2.61. The van der Waals surface area contributed by atoms with Crippen molar-refractivity contribution < 1.29 is 9.72 Å². The maximum atomic E-state index is 12.4. The lowest BCUT2D eigenvalue weighted by Crippen LogP contribution is -2.41. The quantitative estimate of drug-likeness (QED) is 0.617. The van der Waals surface area contributed by atoms with Gasteiger partial charge in [-0.3, -0.25) is 14.9 Å². The minimum absolute atomic E-state index is 0.0442. The van der Waals surface area contributed by atoms with Crippen LogP contribution in [0.1, 0.15) is 32.3 Å². The second-order valence-corrected chi connectivity index (χ2v) is 4.90. The van der Waals surface area contributed by atoms with Crippen molar-refractivity contribution in [3.8, 4) is 0 Å². The minimum Gasteiger partial charge on any atom is -0.329 e. The van der Waals surface area contributed by atoms with Gasteiger partial charge in [-0.15, -0.1) is 0 Å². The molecule has 0 spiro atoms. The Bertz CT molecular complexity index is 502. The Labute approximate surface area is 118 Å². The number of anilines is 1. The van der Waals surface area contributed by atoms with Crippen molar-refractivity contribution in [1.29, 1.82) is 0 Å². The van der Waals surface area contributed by atoms with Gasteiger partial charge in [-0.2, -0.15) is 0 Å². The molecule has 0 saturated heterocycles. The Morgan fingerprint density at radius 2 is 2.00 bits per heavy atom. The van der Waals surface area contributed by atoms with E-state index in [-0.39, 0.29) is 18.1 Å². The largest absolute Gasteiger partial charge is 0.329 e. The number of benzene rings is 1. The molecule has 0 unspecified atom stereocenters. The number of hydrogen-bond acceptors (Lipinski definition) is 4. The molecule has 3 N–H and O–H groups in total. The number of nitro benzene ring substituents is 1. The van der Waals surface area contributed by atoms with Gasteiger partial charge >= 0.3 is 0 Å². The summed E-state index contributed by atoms with van der Waals surface area (Å²) in [5.41, 5.74) is 6.30. The zero-order valence-corrected chi connectivity index (χ0v) is 12.1. The number of nitro groups is 1. The molecule has 110 valence electrons. The highest BCUT2D eigenvalue weighted by molar-refractivity contribution is 5.96. The Morgan fingerprint density at radius 3 is 2.45 bits per heavy atom. The number of carbonyl (C=O) groups excluding carboxylic acids is 1. The Balaban J connectivity index is 3.06. The van der Waals surface area contributed by atoms with Crippen LogP contribution in [0.15, 0.2) is 18.2 Å². The van der Waals surface area contributed by atoms with E-state index in [9.17, 15) is 14.9 Å². The molecule has 0 bridgehead atoms. The highest BCUT2D eigenvalue weighted by atomic mass is 16.6. The molecular weight excluding hydrogens is 258 g/mol. The Kier molecular flexibility index (Phi) is 5.21. The van der Waals surface area contributed by atoms with E-state index in [1.54, 1.807) is 13.0 Å². The van der Waals surface area contributed by atoms with Crippen molar-refractivity contribution in [3.63, 3.8) is 0 Å². The van der Waals surface area contributed by atoms with Crippen LogP contribution in [0.25, 0.3) is 0 Å². The molecule has 1 aromatic rings. The van der Waals surface area contributed by atoms with E-state index < -0.39 is 10.3 Å². The van der Waals surface area contributed by atoms with Gasteiger partial charge in [0.05, 0.1) is 16.0 Å².